The average molecular weight is 464 g/mol. The van der Waals surface area contributed by atoms with E-state index < -0.39 is 9.84 Å². The number of sulfone groups is 1. The van der Waals surface area contributed by atoms with Crippen LogP contribution in [0.5, 0.6) is 0 Å². The maximum Gasteiger partial charge on any atom is 0.175 e. The average Bonchev–Trinajstić information content (AvgIpc) is 3.26. The third kappa shape index (κ3) is 4.33. The van der Waals surface area contributed by atoms with Gasteiger partial charge in [0.2, 0.25) is 0 Å². The molecule has 7 heteroatoms. The van der Waals surface area contributed by atoms with Crippen molar-refractivity contribution in [3.63, 3.8) is 0 Å². The van der Waals surface area contributed by atoms with Crippen LogP contribution < -0.4 is 0 Å². The normalized spacial score (nSPS) is 14.6. The van der Waals surface area contributed by atoms with Gasteiger partial charge in [0.1, 0.15) is 0 Å². The Morgan fingerprint density at radius 1 is 1.03 bits per heavy atom. The maximum absolute atomic E-state index is 11.8. The topological polar surface area (TPSA) is 55.2 Å². The molecular weight excluding hydrogens is 442 g/mol. The molecule has 0 bridgehead atoms. The van der Waals surface area contributed by atoms with E-state index in [1.165, 1.54) is 6.26 Å². The van der Waals surface area contributed by atoms with E-state index in [1.807, 2.05) is 83.4 Å². The molecule has 0 saturated carbocycles. The van der Waals surface area contributed by atoms with E-state index in [4.69, 9.17) is 11.6 Å². The van der Waals surface area contributed by atoms with Gasteiger partial charge >= 0.3 is 0 Å². The molecule has 0 fully saturated rings. The molecule has 0 atom stereocenters. The highest BCUT2D eigenvalue weighted by Gasteiger charge is 2.18. The summed E-state index contributed by atoms with van der Waals surface area (Å²) in [5.74, 6) is 0. The first kappa shape index (κ1) is 21.9. The summed E-state index contributed by atoms with van der Waals surface area (Å²) in [5.41, 5.74) is 5.36. The van der Waals surface area contributed by atoms with E-state index in [0.717, 1.165) is 33.9 Å². The zero-order chi connectivity index (χ0) is 22.9. The minimum absolute atomic E-state index is 0.289. The summed E-state index contributed by atoms with van der Waals surface area (Å²) in [6.07, 6.45) is 10.9. The summed E-state index contributed by atoms with van der Waals surface area (Å²) in [5, 5.41) is 5.15. The monoisotopic (exact) mass is 463 g/mol. The van der Waals surface area contributed by atoms with Crippen molar-refractivity contribution in [1.29, 1.82) is 0 Å². The van der Waals surface area contributed by atoms with Gasteiger partial charge in [-0.2, -0.15) is 5.10 Å². The van der Waals surface area contributed by atoms with Crippen molar-refractivity contribution in [2.24, 2.45) is 0 Å². The molecule has 1 aliphatic rings. The summed E-state index contributed by atoms with van der Waals surface area (Å²) < 4.78 is 25.5. The molecule has 0 spiro atoms. The maximum atomic E-state index is 11.8. The van der Waals surface area contributed by atoms with Gasteiger partial charge < -0.3 is 4.90 Å². The van der Waals surface area contributed by atoms with Crippen molar-refractivity contribution in [2.75, 3.05) is 6.26 Å². The quantitative estimate of drug-likeness (QED) is 0.485. The SMILES string of the molecule is C=C1C=CC(c2ccnn2-c2ccc(Cl)cc2)=CN1/C(=C\C)c1ccc(S(C)(=O)=O)cc1. The third-order valence-electron chi connectivity index (χ3n) is 5.15. The first-order valence-corrected chi connectivity index (χ1v) is 12.2. The Hall–Kier alpha value is -3.35. The molecule has 0 N–H and O–H groups in total. The molecule has 32 heavy (non-hydrogen) atoms. The van der Waals surface area contributed by atoms with Gasteiger partial charge in [0, 0.05) is 34.4 Å². The molecule has 0 unspecified atom stereocenters. The lowest BCUT2D eigenvalue weighted by Crippen LogP contribution is -2.17. The van der Waals surface area contributed by atoms with E-state index in [9.17, 15) is 8.42 Å². The zero-order valence-electron chi connectivity index (χ0n) is 17.7. The number of nitrogens with zero attached hydrogens (tertiary/aromatic N) is 3. The van der Waals surface area contributed by atoms with Gasteiger partial charge in [0.25, 0.3) is 0 Å². The van der Waals surface area contributed by atoms with E-state index >= 15 is 0 Å². The summed E-state index contributed by atoms with van der Waals surface area (Å²) in [4.78, 5) is 2.28. The highest BCUT2D eigenvalue weighted by Crippen LogP contribution is 2.32. The van der Waals surface area contributed by atoms with Crippen LogP contribution in [0.1, 0.15) is 18.2 Å². The van der Waals surface area contributed by atoms with E-state index in [0.29, 0.717) is 5.02 Å². The van der Waals surface area contributed by atoms with Crippen molar-refractivity contribution in [3.05, 3.63) is 114 Å². The van der Waals surface area contributed by atoms with Crippen molar-refractivity contribution in [1.82, 2.24) is 14.7 Å². The molecule has 5 nitrogen and oxygen atoms in total. The van der Waals surface area contributed by atoms with Crippen LogP contribution in [-0.4, -0.2) is 29.4 Å². The summed E-state index contributed by atoms with van der Waals surface area (Å²) >= 11 is 6.03. The van der Waals surface area contributed by atoms with Crippen LogP contribution in [0.25, 0.3) is 17.0 Å². The molecule has 0 aliphatic carbocycles. The highest BCUT2D eigenvalue weighted by molar-refractivity contribution is 7.90. The molecule has 0 radical (unpaired) electrons. The Morgan fingerprint density at radius 2 is 1.72 bits per heavy atom. The molecular formula is C25H22ClN3O2S. The van der Waals surface area contributed by atoms with Crippen molar-refractivity contribution >= 4 is 32.7 Å². The van der Waals surface area contributed by atoms with Gasteiger partial charge in [0.05, 0.1) is 22.5 Å². The lowest BCUT2D eigenvalue weighted by atomic mass is 10.1. The second-order valence-corrected chi connectivity index (χ2v) is 9.81. The summed E-state index contributed by atoms with van der Waals surface area (Å²) in [6.45, 7) is 6.11. The predicted octanol–water partition coefficient (Wildman–Crippen LogP) is 5.72. The summed E-state index contributed by atoms with van der Waals surface area (Å²) in [7, 11) is -3.25. The number of hydrogen-bond acceptors (Lipinski definition) is 4. The standard InChI is InChI=1S/C25H22ClN3O2S/c1-4-24(19-7-13-23(14-8-19)32(3,30)31)28-17-20(6-5-18(28)2)25-15-16-27-29(25)22-11-9-21(26)10-12-22/h4-17H,2H2,1,3H3/b24-4-. The van der Waals surface area contributed by atoms with Crippen LogP contribution in [-0.2, 0) is 9.84 Å². The van der Waals surface area contributed by atoms with Gasteiger partial charge in [-0.3, -0.25) is 0 Å². The zero-order valence-corrected chi connectivity index (χ0v) is 19.3. The fraction of sp³-hybridized carbons (Fsp3) is 0.0800. The van der Waals surface area contributed by atoms with Crippen LogP contribution in [0.3, 0.4) is 0 Å². The highest BCUT2D eigenvalue weighted by atomic mass is 35.5. The largest absolute Gasteiger partial charge is 0.317 e. The molecule has 2 heterocycles. The molecule has 0 saturated heterocycles. The van der Waals surface area contributed by atoms with Gasteiger partial charge in [-0.1, -0.05) is 36.4 Å². The molecule has 3 aromatic rings. The molecule has 162 valence electrons. The Morgan fingerprint density at radius 3 is 2.34 bits per heavy atom. The Labute approximate surface area is 193 Å². The predicted molar refractivity (Wildman–Crippen MR) is 130 cm³/mol. The van der Waals surface area contributed by atoms with Crippen LogP contribution in [0.2, 0.25) is 5.02 Å². The lowest BCUT2D eigenvalue weighted by molar-refractivity contribution is 0.602. The second-order valence-electron chi connectivity index (χ2n) is 7.35. The molecule has 1 aliphatic heterocycles. The third-order valence-corrected chi connectivity index (χ3v) is 6.53. The lowest BCUT2D eigenvalue weighted by Gasteiger charge is -2.28. The Kier molecular flexibility index (Phi) is 5.91. The molecule has 0 amide bonds. The number of benzene rings is 2. The van der Waals surface area contributed by atoms with Gasteiger partial charge in [-0.05, 0) is 67.1 Å². The fourth-order valence-corrected chi connectivity index (χ4v) is 4.29. The van der Waals surface area contributed by atoms with E-state index in [2.05, 4.69) is 11.7 Å². The Balaban J connectivity index is 1.71. The smallest absolute Gasteiger partial charge is 0.175 e. The fourth-order valence-electron chi connectivity index (χ4n) is 3.53. The number of halogens is 1. The summed E-state index contributed by atoms with van der Waals surface area (Å²) in [6, 6.07) is 16.3. The van der Waals surface area contributed by atoms with Crippen molar-refractivity contribution < 1.29 is 8.42 Å². The minimum atomic E-state index is -3.25. The minimum Gasteiger partial charge on any atom is -0.317 e. The van der Waals surface area contributed by atoms with Crippen molar-refractivity contribution in [3.8, 4) is 5.69 Å². The van der Waals surface area contributed by atoms with Crippen LogP contribution in [0.4, 0.5) is 0 Å². The van der Waals surface area contributed by atoms with Crippen LogP contribution >= 0.6 is 11.6 Å². The van der Waals surface area contributed by atoms with Gasteiger partial charge in [-0.15, -0.1) is 0 Å². The van der Waals surface area contributed by atoms with Crippen LogP contribution in [0.15, 0.2) is 102 Å². The van der Waals surface area contributed by atoms with Crippen molar-refractivity contribution in [2.45, 2.75) is 11.8 Å². The number of hydrogen-bond donors (Lipinski definition) is 0. The van der Waals surface area contributed by atoms with E-state index in [1.54, 1.807) is 18.3 Å². The van der Waals surface area contributed by atoms with Gasteiger partial charge in [0.15, 0.2) is 9.84 Å². The number of aromatic nitrogens is 2. The second kappa shape index (κ2) is 8.65. The Bertz CT molecular complexity index is 1360. The number of allylic oxidation sites excluding steroid dienone is 4. The van der Waals surface area contributed by atoms with E-state index in [-0.39, 0.29) is 4.90 Å². The molecule has 2 aromatic carbocycles. The molecule has 4 rings (SSSR count). The number of rotatable bonds is 5. The first-order valence-electron chi connectivity index (χ1n) is 9.93. The molecule has 1 aromatic heterocycles. The van der Waals surface area contributed by atoms with Gasteiger partial charge in [-0.25, -0.2) is 13.1 Å². The first-order chi connectivity index (χ1) is 15.3. The van der Waals surface area contributed by atoms with Crippen LogP contribution in [0, 0.1) is 0 Å².